The molecule has 0 spiro atoms. The Morgan fingerprint density at radius 3 is 2.66 bits per heavy atom. The topological polar surface area (TPSA) is 85.2 Å². The molecule has 1 saturated carbocycles. The van der Waals surface area contributed by atoms with Crippen LogP contribution in [0.15, 0.2) is 24.3 Å². The number of hydrogen-bond acceptors (Lipinski definition) is 4. The van der Waals surface area contributed by atoms with E-state index < -0.39 is 23.8 Å². The van der Waals surface area contributed by atoms with E-state index in [2.05, 4.69) is 20.5 Å². The molecule has 1 aromatic carbocycles. The highest BCUT2D eigenvalue weighted by atomic mass is 19.4. The molecule has 1 heterocycles. The van der Waals surface area contributed by atoms with Crippen LogP contribution < -0.4 is 15.4 Å². The summed E-state index contributed by atoms with van der Waals surface area (Å²) < 4.78 is 56.1. The van der Waals surface area contributed by atoms with E-state index >= 15 is 0 Å². The Hall–Kier alpha value is -3.11. The number of nitrogens with one attached hydrogen (secondary N) is 2. The van der Waals surface area contributed by atoms with Crippen LogP contribution in [-0.2, 0) is 18.0 Å². The molecule has 2 amide bonds. The van der Waals surface area contributed by atoms with Gasteiger partial charge in [0.25, 0.3) is 5.91 Å². The van der Waals surface area contributed by atoms with Crippen molar-refractivity contribution in [2.75, 3.05) is 0 Å². The summed E-state index contributed by atoms with van der Waals surface area (Å²) in [4.78, 5) is 23.9. The smallest absolute Gasteiger partial charge is 0.403 e. The number of aromatic nitrogens is 2. The summed E-state index contributed by atoms with van der Waals surface area (Å²) in [6, 6.07) is 4.75. The second kappa shape index (κ2) is 8.10. The highest BCUT2D eigenvalue weighted by molar-refractivity contribution is 5.92. The SMILES string of the molecule is Cc1cc(C(=O)NCc2cccc(OC(F)(F)F)c2F)nn1CNC(=O)C1CC1. The van der Waals surface area contributed by atoms with Crippen LogP contribution in [0.1, 0.15) is 34.6 Å². The molecule has 1 fully saturated rings. The lowest BCUT2D eigenvalue weighted by molar-refractivity contribution is -0.275. The predicted octanol–water partition coefficient (Wildman–Crippen LogP) is 2.64. The van der Waals surface area contributed by atoms with Crippen molar-refractivity contribution in [2.24, 2.45) is 5.92 Å². The number of nitrogens with zero attached hydrogens (tertiary/aromatic N) is 2. The van der Waals surface area contributed by atoms with Gasteiger partial charge in [0.1, 0.15) is 6.67 Å². The minimum atomic E-state index is -5.03. The molecular formula is C18H18F4N4O3. The predicted molar refractivity (Wildman–Crippen MR) is 92.1 cm³/mol. The summed E-state index contributed by atoms with van der Waals surface area (Å²) in [5, 5.41) is 9.20. The fraction of sp³-hybridized carbons (Fsp3) is 0.389. The third-order valence-electron chi connectivity index (χ3n) is 4.27. The first-order chi connectivity index (χ1) is 13.6. The molecule has 0 bridgehead atoms. The van der Waals surface area contributed by atoms with Crippen LogP contribution in [0.3, 0.4) is 0 Å². The van der Waals surface area contributed by atoms with E-state index in [1.54, 1.807) is 6.92 Å². The number of alkyl halides is 3. The zero-order valence-electron chi connectivity index (χ0n) is 15.3. The van der Waals surface area contributed by atoms with Crippen molar-refractivity contribution in [3.05, 3.63) is 47.0 Å². The molecule has 1 aliphatic rings. The molecule has 0 radical (unpaired) electrons. The van der Waals surface area contributed by atoms with Gasteiger partial charge >= 0.3 is 6.36 Å². The van der Waals surface area contributed by atoms with E-state index in [0.29, 0.717) is 5.69 Å². The third kappa shape index (κ3) is 5.46. The first-order valence-corrected chi connectivity index (χ1v) is 8.77. The van der Waals surface area contributed by atoms with Crippen molar-refractivity contribution in [1.82, 2.24) is 20.4 Å². The lowest BCUT2D eigenvalue weighted by Crippen LogP contribution is -2.29. The minimum absolute atomic E-state index is 0.0336. The Morgan fingerprint density at radius 1 is 1.28 bits per heavy atom. The standard InChI is InChI=1S/C18H18F4N4O3/c1-10-7-13(25-26(10)9-24-16(27)11-5-6-11)17(28)23-8-12-3-2-4-14(15(12)19)29-18(20,21)22/h2-4,7,11H,5-6,8-9H2,1H3,(H,23,28)(H,24,27). The molecule has 156 valence electrons. The summed E-state index contributed by atoms with van der Waals surface area (Å²) in [5.74, 6) is -2.85. The first kappa shape index (κ1) is 20.6. The number of amides is 2. The largest absolute Gasteiger partial charge is 0.573 e. The molecule has 3 rings (SSSR count). The van der Waals surface area contributed by atoms with Crippen molar-refractivity contribution in [3.8, 4) is 5.75 Å². The Kier molecular flexibility index (Phi) is 5.76. The molecule has 11 heteroatoms. The maximum Gasteiger partial charge on any atom is 0.573 e. The third-order valence-corrected chi connectivity index (χ3v) is 4.27. The molecule has 1 aliphatic carbocycles. The van der Waals surface area contributed by atoms with Crippen molar-refractivity contribution >= 4 is 11.8 Å². The molecule has 1 aromatic heterocycles. The Balaban J connectivity index is 1.60. The summed E-state index contributed by atoms with van der Waals surface area (Å²) in [6.45, 7) is 1.45. The quantitative estimate of drug-likeness (QED) is 0.683. The van der Waals surface area contributed by atoms with Gasteiger partial charge in [-0.2, -0.15) is 5.10 Å². The maximum absolute atomic E-state index is 14.1. The highest BCUT2D eigenvalue weighted by Gasteiger charge is 2.33. The molecule has 0 aliphatic heterocycles. The molecule has 2 N–H and O–H groups in total. The van der Waals surface area contributed by atoms with E-state index in [9.17, 15) is 27.2 Å². The van der Waals surface area contributed by atoms with Gasteiger partial charge in [0.15, 0.2) is 17.3 Å². The van der Waals surface area contributed by atoms with Gasteiger partial charge in [-0.25, -0.2) is 9.07 Å². The normalized spacial score (nSPS) is 13.8. The zero-order valence-corrected chi connectivity index (χ0v) is 15.3. The number of aryl methyl sites for hydroxylation is 1. The fourth-order valence-electron chi connectivity index (χ4n) is 2.59. The summed E-state index contributed by atoms with van der Waals surface area (Å²) in [5.41, 5.74) is 0.484. The Morgan fingerprint density at radius 2 is 2.00 bits per heavy atom. The van der Waals surface area contributed by atoms with Gasteiger partial charge in [-0.3, -0.25) is 9.59 Å². The van der Waals surface area contributed by atoms with Gasteiger partial charge < -0.3 is 15.4 Å². The molecule has 29 heavy (non-hydrogen) atoms. The zero-order chi connectivity index (χ0) is 21.2. The lowest BCUT2D eigenvalue weighted by atomic mass is 10.2. The average molecular weight is 414 g/mol. The van der Waals surface area contributed by atoms with Gasteiger partial charge in [0.2, 0.25) is 5.91 Å². The number of hydrogen-bond donors (Lipinski definition) is 2. The van der Waals surface area contributed by atoms with Crippen LogP contribution in [0, 0.1) is 18.7 Å². The van der Waals surface area contributed by atoms with Crippen LogP contribution in [0.2, 0.25) is 0 Å². The van der Waals surface area contributed by atoms with Crippen molar-refractivity contribution in [3.63, 3.8) is 0 Å². The number of rotatable bonds is 7. The maximum atomic E-state index is 14.1. The molecule has 7 nitrogen and oxygen atoms in total. The Bertz CT molecular complexity index is 922. The van der Waals surface area contributed by atoms with Gasteiger partial charge in [-0.15, -0.1) is 13.2 Å². The molecule has 2 aromatic rings. The number of ether oxygens (including phenoxy) is 1. The second-order valence-electron chi connectivity index (χ2n) is 6.60. The van der Waals surface area contributed by atoms with E-state index in [0.717, 1.165) is 18.9 Å². The van der Waals surface area contributed by atoms with Crippen molar-refractivity contribution in [2.45, 2.75) is 39.3 Å². The summed E-state index contributed by atoms with van der Waals surface area (Å²) in [6.07, 6.45) is -3.30. The number of carbonyl (C=O) groups excluding carboxylic acids is 2. The first-order valence-electron chi connectivity index (χ1n) is 8.77. The number of carbonyl (C=O) groups is 2. The van der Waals surface area contributed by atoms with Gasteiger partial charge in [0.05, 0.1) is 0 Å². The van der Waals surface area contributed by atoms with E-state index in [1.165, 1.54) is 22.9 Å². The van der Waals surface area contributed by atoms with E-state index in [-0.39, 0.29) is 36.3 Å². The monoisotopic (exact) mass is 414 g/mol. The van der Waals surface area contributed by atoms with Crippen LogP contribution in [-0.4, -0.2) is 28.0 Å². The van der Waals surface area contributed by atoms with Crippen molar-refractivity contribution in [1.29, 1.82) is 0 Å². The summed E-state index contributed by atoms with van der Waals surface area (Å²) in [7, 11) is 0. The summed E-state index contributed by atoms with van der Waals surface area (Å²) >= 11 is 0. The second-order valence-corrected chi connectivity index (χ2v) is 6.60. The highest BCUT2D eigenvalue weighted by Crippen LogP contribution is 2.29. The molecular weight excluding hydrogens is 396 g/mol. The van der Waals surface area contributed by atoms with Crippen LogP contribution in [0.4, 0.5) is 17.6 Å². The van der Waals surface area contributed by atoms with Gasteiger partial charge in [-0.1, -0.05) is 12.1 Å². The minimum Gasteiger partial charge on any atom is -0.403 e. The van der Waals surface area contributed by atoms with Gasteiger partial charge in [-0.05, 0) is 31.9 Å². The number of benzene rings is 1. The number of halogens is 4. The van der Waals surface area contributed by atoms with Crippen LogP contribution in [0.5, 0.6) is 5.75 Å². The average Bonchev–Trinajstić information content (AvgIpc) is 3.42. The molecule has 0 saturated heterocycles. The fourth-order valence-corrected chi connectivity index (χ4v) is 2.59. The van der Waals surface area contributed by atoms with Crippen LogP contribution in [0.25, 0.3) is 0 Å². The molecule has 0 atom stereocenters. The Labute approximate surface area is 163 Å². The van der Waals surface area contributed by atoms with Crippen molar-refractivity contribution < 1.29 is 31.9 Å². The lowest BCUT2D eigenvalue weighted by Gasteiger charge is -2.12. The van der Waals surface area contributed by atoms with E-state index in [1.807, 2.05) is 0 Å². The van der Waals surface area contributed by atoms with Crippen LogP contribution >= 0.6 is 0 Å². The molecule has 0 unspecified atom stereocenters. The van der Waals surface area contributed by atoms with Gasteiger partial charge in [0, 0.05) is 23.7 Å². The van der Waals surface area contributed by atoms with E-state index in [4.69, 9.17) is 0 Å².